The highest BCUT2D eigenvalue weighted by Crippen LogP contribution is 2.32. The second kappa shape index (κ2) is 8.02. The number of non-ortho nitro benzene ring substituents is 1. The molecule has 29 heavy (non-hydrogen) atoms. The van der Waals surface area contributed by atoms with Crippen molar-refractivity contribution in [3.8, 4) is 0 Å². The number of halogens is 1. The molecule has 1 aromatic heterocycles. The van der Waals surface area contributed by atoms with Crippen molar-refractivity contribution in [1.82, 2.24) is 8.87 Å². The van der Waals surface area contributed by atoms with E-state index in [1.165, 1.54) is 61.2 Å². The largest absolute Gasteiger partial charge is 0.367 e. The lowest BCUT2D eigenvalue weighted by molar-refractivity contribution is -0.383. The topological polar surface area (TPSA) is 110 Å². The molecule has 0 spiro atoms. The molecule has 1 heterocycles. The molecule has 0 atom stereocenters. The summed E-state index contributed by atoms with van der Waals surface area (Å²) in [4.78, 5) is 12.6. The first-order valence-electron chi connectivity index (χ1n) is 8.24. The van der Waals surface area contributed by atoms with E-state index in [0.29, 0.717) is 5.02 Å². The van der Waals surface area contributed by atoms with Crippen LogP contribution in [-0.4, -0.2) is 48.9 Å². The Morgan fingerprint density at radius 2 is 1.83 bits per heavy atom. The highest BCUT2D eigenvalue weighted by molar-refractivity contribution is 7.90. The first kappa shape index (κ1) is 20.5. The van der Waals surface area contributed by atoms with E-state index in [4.69, 9.17) is 11.6 Å². The van der Waals surface area contributed by atoms with E-state index in [9.17, 15) is 18.5 Å². The molecule has 0 amide bonds. The van der Waals surface area contributed by atoms with E-state index >= 15 is 0 Å². The predicted octanol–water partition coefficient (Wildman–Crippen LogP) is 3.36. The van der Waals surface area contributed by atoms with Gasteiger partial charge in [0.2, 0.25) is 0 Å². The molecular formula is C18H16ClN5O4S. The van der Waals surface area contributed by atoms with Gasteiger partial charge in [0.15, 0.2) is 0 Å². The second-order valence-electron chi connectivity index (χ2n) is 6.21. The summed E-state index contributed by atoms with van der Waals surface area (Å²) in [6.45, 7) is 0. The van der Waals surface area contributed by atoms with E-state index in [0.717, 1.165) is 3.97 Å². The van der Waals surface area contributed by atoms with Crippen LogP contribution in [0.25, 0.3) is 10.9 Å². The van der Waals surface area contributed by atoms with E-state index < -0.39 is 14.9 Å². The third kappa shape index (κ3) is 4.13. The van der Waals surface area contributed by atoms with Gasteiger partial charge in [-0.25, -0.2) is 12.4 Å². The number of nitrogens with zero attached hydrogens (tertiary/aromatic N) is 5. The molecule has 0 radical (unpaired) electrons. The summed E-state index contributed by atoms with van der Waals surface area (Å²) >= 11 is 5.84. The van der Waals surface area contributed by atoms with Crippen molar-refractivity contribution in [2.45, 2.75) is 4.90 Å². The summed E-state index contributed by atoms with van der Waals surface area (Å²) < 4.78 is 27.3. The third-order valence-electron chi connectivity index (χ3n) is 3.92. The normalized spacial score (nSPS) is 12.2. The average Bonchev–Trinajstić information content (AvgIpc) is 3.05. The summed E-state index contributed by atoms with van der Waals surface area (Å²) in [6.07, 6.45) is 4.01. The van der Waals surface area contributed by atoms with Gasteiger partial charge in [-0.1, -0.05) is 17.7 Å². The van der Waals surface area contributed by atoms with Crippen molar-refractivity contribution in [2.24, 2.45) is 10.2 Å². The molecule has 3 rings (SSSR count). The Bertz CT molecular complexity index is 1230. The average molecular weight is 434 g/mol. The zero-order valence-electron chi connectivity index (χ0n) is 15.4. The van der Waals surface area contributed by atoms with Gasteiger partial charge in [-0.3, -0.25) is 10.1 Å². The maximum absolute atomic E-state index is 13.1. The zero-order chi connectivity index (χ0) is 21.2. The molecule has 9 nitrogen and oxygen atoms in total. The number of nitro benzene ring substituents is 1. The maximum Gasteiger partial charge on any atom is 0.279 e. The molecule has 3 aromatic rings. The fourth-order valence-electron chi connectivity index (χ4n) is 2.67. The first-order chi connectivity index (χ1) is 13.7. The summed E-state index contributed by atoms with van der Waals surface area (Å²) in [5, 5.41) is 19.7. The van der Waals surface area contributed by atoms with Crippen LogP contribution in [0.1, 0.15) is 5.56 Å². The fourth-order valence-corrected chi connectivity index (χ4v) is 4.16. The smallest absolute Gasteiger partial charge is 0.279 e. The number of rotatable bonds is 6. The van der Waals surface area contributed by atoms with E-state index in [2.05, 4.69) is 10.2 Å². The molecule has 0 saturated heterocycles. The summed E-state index contributed by atoms with van der Waals surface area (Å²) in [6, 6.07) is 9.89. The van der Waals surface area contributed by atoms with Crippen molar-refractivity contribution in [2.75, 3.05) is 14.1 Å². The molecule has 0 aliphatic rings. The van der Waals surface area contributed by atoms with Crippen molar-refractivity contribution >= 4 is 50.8 Å². The number of aromatic nitrogens is 1. The SMILES string of the molecule is CN(C)/C=N/N=C/c1cn(S(=O)(=O)c2ccc(Cl)cc2)c2cccc([N+](=O)[O-])c12. The van der Waals surface area contributed by atoms with Crippen LogP contribution in [0.15, 0.2) is 63.8 Å². The van der Waals surface area contributed by atoms with Gasteiger partial charge in [0, 0.05) is 36.9 Å². The van der Waals surface area contributed by atoms with Gasteiger partial charge in [0.25, 0.3) is 15.7 Å². The lowest BCUT2D eigenvalue weighted by atomic mass is 10.1. The van der Waals surface area contributed by atoms with Crippen LogP contribution < -0.4 is 0 Å². The van der Waals surface area contributed by atoms with Gasteiger partial charge >= 0.3 is 0 Å². The van der Waals surface area contributed by atoms with Crippen LogP contribution in [0.3, 0.4) is 0 Å². The minimum atomic E-state index is -4.02. The van der Waals surface area contributed by atoms with Gasteiger partial charge in [-0.05, 0) is 30.3 Å². The van der Waals surface area contributed by atoms with Crippen molar-refractivity contribution in [1.29, 1.82) is 0 Å². The Morgan fingerprint density at radius 3 is 2.45 bits per heavy atom. The zero-order valence-corrected chi connectivity index (χ0v) is 17.0. The van der Waals surface area contributed by atoms with Gasteiger partial charge in [0.05, 0.1) is 26.9 Å². The van der Waals surface area contributed by atoms with Crippen LogP contribution in [-0.2, 0) is 10.0 Å². The Labute approximate surface area is 171 Å². The summed E-state index contributed by atoms with van der Waals surface area (Å²) in [5.41, 5.74) is 0.179. The van der Waals surface area contributed by atoms with E-state index in [1.807, 2.05) is 0 Å². The molecule has 0 bridgehead atoms. The molecule has 11 heteroatoms. The number of fused-ring (bicyclic) bond motifs is 1. The predicted molar refractivity (Wildman–Crippen MR) is 112 cm³/mol. The van der Waals surface area contributed by atoms with Crippen LogP contribution in [0.5, 0.6) is 0 Å². The second-order valence-corrected chi connectivity index (χ2v) is 8.46. The Balaban J connectivity index is 2.25. The van der Waals surface area contributed by atoms with E-state index in [1.54, 1.807) is 19.0 Å². The van der Waals surface area contributed by atoms with Crippen LogP contribution in [0.2, 0.25) is 5.02 Å². The summed E-state index contributed by atoms with van der Waals surface area (Å²) in [5.74, 6) is 0. The van der Waals surface area contributed by atoms with Gasteiger partial charge in [0.1, 0.15) is 6.34 Å². The molecule has 2 aromatic carbocycles. The number of hydrogen-bond acceptors (Lipinski definition) is 6. The van der Waals surface area contributed by atoms with Crippen molar-refractivity contribution < 1.29 is 13.3 Å². The lowest BCUT2D eigenvalue weighted by Gasteiger charge is -2.07. The number of hydrogen-bond donors (Lipinski definition) is 0. The molecular weight excluding hydrogens is 418 g/mol. The standard InChI is InChI=1S/C18H16ClN5O4S/c1-22(2)12-21-20-10-13-11-23(16-4-3-5-17(18(13)16)24(25)26)29(27,28)15-8-6-14(19)7-9-15/h3-12H,1-2H3/b20-10+,21-12+. The lowest BCUT2D eigenvalue weighted by Crippen LogP contribution is -2.11. The fraction of sp³-hybridized carbons (Fsp3) is 0.111. The highest BCUT2D eigenvalue weighted by atomic mass is 35.5. The third-order valence-corrected chi connectivity index (χ3v) is 5.86. The van der Waals surface area contributed by atoms with Crippen LogP contribution in [0.4, 0.5) is 5.69 Å². The van der Waals surface area contributed by atoms with Crippen molar-refractivity contribution in [3.63, 3.8) is 0 Å². The Kier molecular flexibility index (Phi) is 5.66. The molecule has 0 fully saturated rings. The first-order valence-corrected chi connectivity index (χ1v) is 10.1. The molecule has 0 unspecified atom stereocenters. The number of nitro groups is 1. The molecule has 0 aliphatic carbocycles. The minimum Gasteiger partial charge on any atom is -0.367 e. The van der Waals surface area contributed by atoms with Crippen LogP contribution >= 0.6 is 11.6 Å². The Morgan fingerprint density at radius 1 is 1.14 bits per heavy atom. The molecule has 150 valence electrons. The van der Waals surface area contributed by atoms with Crippen molar-refractivity contribution in [3.05, 3.63) is 69.4 Å². The highest BCUT2D eigenvalue weighted by Gasteiger charge is 2.25. The monoisotopic (exact) mass is 433 g/mol. The molecule has 0 saturated carbocycles. The maximum atomic E-state index is 13.1. The quantitative estimate of drug-likeness (QED) is 0.256. The Hall–Kier alpha value is -3.24. The van der Waals surface area contributed by atoms with Gasteiger partial charge < -0.3 is 4.90 Å². The number of benzene rings is 2. The van der Waals surface area contributed by atoms with Crippen LogP contribution in [0, 0.1) is 10.1 Å². The van der Waals surface area contributed by atoms with Gasteiger partial charge in [-0.2, -0.15) is 5.10 Å². The summed E-state index contributed by atoms with van der Waals surface area (Å²) in [7, 11) is -0.504. The van der Waals surface area contributed by atoms with E-state index in [-0.39, 0.29) is 27.0 Å². The van der Waals surface area contributed by atoms with Gasteiger partial charge in [-0.15, -0.1) is 5.10 Å². The molecule has 0 aliphatic heterocycles. The molecule has 0 N–H and O–H groups in total. The minimum absolute atomic E-state index is 0.000534.